The zero-order valence-corrected chi connectivity index (χ0v) is 9.86. The normalized spacial score (nSPS) is 9.50. The average Bonchev–Trinajstić information content (AvgIpc) is 2.66. The Labute approximate surface area is 98.4 Å². The molecule has 0 saturated carbocycles. The van der Waals surface area contributed by atoms with Crippen LogP contribution < -0.4 is 16.4 Å². The molecule has 6 heteroatoms. The van der Waals surface area contributed by atoms with E-state index in [0.29, 0.717) is 23.0 Å². The van der Waals surface area contributed by atoms with Crippen LogP contribution in [0.5, 0.6) is 0 Å². The third-order valence-electron chi connectivity index (χ3n) is 1.86. The molecular weight excluding hydrogens is 224 g/mol. The first-order chi connectivity index (χ1) is 7.69. The number of thiazole rings is 1. The van der Waals surface area contributed by atoms with Crippen molar-refractivity contribution in [3.8, 4) is 12.3 Å². The number of nitrogen functional groups attached to an aromatic ring is 1. The van der Waals surface area contributed by atoms with Crippen LogP contribution in [0.2, 0.25) is 0 Å². The molecule has 1 aromatic heterocycles. The van der Waals surface area contributed by atoms with Gasteiger partial charge < -0.3 is 16.4 Å². The van der Waals surface area contributed by atoms with E-state index >= 15 is 0 Å². The summed E-state index contributed by atoms with van der Waals surface area (Å²) in [6.45, 7) is 0.551. The minimum atomic E-state index is -0.200. The van der Waals surface area contributed by atoms with Crippen LogP contribution in [0, 0.1) is 12.3 Å². The van der Waals surface area contributed by atoms with Gasteiger partial charge in [0.25, 0.3) is 5.91 Å². The predicted octanol–water partition coefficient (Wildman–Crippen LogP) is 0.910. The largest absolute Gasteiger partial charge is 0.382 e. The molecule has 5 nitrogen and oxygen atoms in total. The van der Waals surface area contributed by atoms with Crippen LogP contribution in [0.1, 0.15) is 22.5 Å². The van der Waals surface area contributed by atoms with Crippen LogP contribution >= 0.6 is 11.3 Å². The highest BCUT2D eigenvalue weighted by Gasteiger charge is 2.14. The Balaban J connectivity index is 2.52. The van der Waals surface area contributed by atoms with Gasteiger partial charge in [0.2, 0.25) is 0 Å². The first-order valence-electron chi connectivity index (χ1n) is 4.84. The highest BCUT2D eigenvalue weighted by atomic mass is 32.1. The molecule has 0 aliphatic heterocycles. The first kappa shape index (κ1) is 12.3. The SMILES string of the molecule is C#CCCCNC(=O)c1sc(NC)nc1N. The van der Waals surface area contributed by atoms with Gasteiger partial charge in [0, 0.05) is 20.0 Å². The number of nitrogens with zero attached hydrogens (tertiary/aromatic N) is 1. The van der Waals surface area contributed by atoms with Gasteiger partial charge in [-0.15, -0.1) is 12.3 Å². The highest BCUT2D eigenvalue weighted by Crippen LogP contribution is 2.23. The number of terminal acetylenes is 1. The minimum Gasteiger partial charge on any atom is -0.382 e. The number of carbonyl (C=O) groups excluding carboxylic acids is 1. The second-order valence-electron chi connectivity index (χ2n) is 3.05. The minimum absolute atomic E-state index is 0.200. The van der Waals surface area contributed by atoms with E-state index in [1.807, 2.05) is 0 Å². The molecule has 0 aromatic carbocycles. The molecule has 86 valence electrons. The van der Waals surface area contributed by atoms with Gasteiger partial charge >= 0.3 is 0 Å². The van der Waals surface area contributed by atoms with Gasteiger partial charge in [-0.05, 0) is 6.42 Å². The molecular formula is C10H14N4OS. The second-order valence-corrected chi connectivity index (χ2v) is 4.05. The molecule has 0 spiro atoms. The third-order valence-corrected chi connectivity index (χ3v) is 2.94. The summed E-state index contributed by atoms with van der Waals surface area (Å²) >= 11 is 1.23. The summed E-state index contributed by atoms with van der Waals surface area (Å²) < 4.78 is 0. The van der Waals surface area contributed by atoms with Crippen molar-refractivity contribution in [2.45, 2.75) is 12.8 Å². The van der Waals surface area contributed by atoms with Crippen LogP contribution in [0.15, 0.2) is 0 Å². The Morgan fingerprint density at radius 3 is 3.00 bits per heavy atom. The molecule has 1 rings (SSSR count). The van der Waals surface area contributed by atoms with Crippen LogP contribution in [-0.2, 0) is 0 Å². The number of aromatic nitrogens is 1. The number of hydrogen-bond acceptors (Lipinski definition) is 5. The number of amides is 1. The monoisotopic (exact) mass is 238 g/mol. The summed E-state index contributed by atoms with van der Waals surface area (Å²) in [7, 11) is 1.73. The molecule has 0 bridgehead atoms. The topological polar surface area (TPSA) is 80.0 Å². The smallest absolute Gasteiger partial charge is 0.265 e. The fraction of sp³-hybridized carbons (Fsp3) is 0.400. The lowest BCUT2D eigenvalue weighted by atomic mass is 10.3. The predicted molar refractivity (Wildman–Crippen MR) is 66.5 cm³/mol. The highest BCUT2D eigenvalue weighted by molar-refractivity contribution is 7.18. The number of rotatable bonds is 5. The number of nitrogens with one attached hydrogen (secondary N) is 2. The molecule has 1 heterocycles. The van der Waals surface area contributed by atoms with E-state index in [2.05, 4.69) is 21.5 Å². The summed E-state index contributed by atoms with van der Waals surface area (Å²) in [5.74, 6) is 2.56. The Kier molecular flexibility index (Phi) is 4.61. The van der Waals surface area contributed by atoms with Gasteiger partial charge in [-0.2, -0.15) is 0 Å². The molecule has 0 aliphatic rings. The summed E-state index contributed by atoms with van der Waals surface area (Å²) in [4.78, 5) is 16.1. The number of carbonyl (C=O) groups is 1. The van der Waals surface area contributed by atoms with Gasteiger partial charge in [0.05, 0.1) is 0 Å². The molecule has 0 radical (unpaired) electrons. The van der Waals surface area contributed by atoms with E-state index in [1.54, 1.807) is 7.05 Å². The van der Waals surface area contributed by atoms with Crippen molar-refractivity contribution in [3.05, 3.63) is 4.88 Å². The van der Waals surface area contributed by atoms with Crippen LogP contribution in [-0.4, -0.2) is 24.5 Å². The van der Waals surface area contributed by atoms with Crippen LogP contribution in [0.4, 0.5) is 10.9 Å². The Morgan fingerprint density at radius 1 is 1.69 bits per heavy atom. The van der Waals surface area contributed by atoms with Crippen LogP contribution in [0.3, 0.4) is 0 Å². The van der Waals surface area contributed by atoms with E-state index in [1.165, 1.54) is 11.3 Å². The number of nitrogens with two attached hydrogens (primary N) is 1. The Bertz CT molecular complexity index is 407. The molecule has 1 amide bonds. The first-order valence-corrected chi connectivity index (χ1v) is 5.66. The maximum absolute atomic E-state index is 11.7. The third kappa shape index (κ3) is 3.14. The molecule has 16 heavy (non-hydrogen) atoms. The molecule has 0 fully saturated rings. The Morgan fingerprint density at radius 2 is 2.44 bits per heavy atom. The zero-order chi connectivity index (χ0) is 12.0. The fourth-order valence-electron chi connectivity index (χ4n) is 1.07. The number of anilines is 2. The Hall–Kier alpha value is -1.74. The second kappa shape index (κ2) is 5.98. The molecule has 4 N–H and O–H groups in total. The summed E-state index contributed by atoms with van der Waals surface area (Å²) in [6.07, 6.45) is 6.52. The van der Waals surface area contributed by atoms with Crippen molar-refractivity contribution in [1.82, 2.24) is 10.3 Å². The van der Waals surface area contributed by atoms with E-state index < -0.39 is 0 Å². The molecule has 0 aliphatic carbocycles. The van der Waals surface area contributed by atoms with Gasteiger partial charge in [-0.3, -0.25) is 4.79 Å². The standard InChI is InChI=1S/C10H14N4OS/c1-3-4-5-6-13-9(15)7-8(11)14-10(12-2)16-7/h1H,4-6,11H2,2H3,(H,12,14)(H,13,15). The molecule has 1 aromatic rings. The number of unbranched alkanes of at least 4 members (excludes halogenated alkanes) is 1. The number of hydrogen-bond donors (Lipinski definition) is 3. The van der Waals surface area contributed by atoms with E-state index in [9.17, 15) is 4.79 Å². The van der Waals surface area contributed by atoms with Crippen molar-refractivity contribution in [2.24, 2.45) is 0 Å². The summed E-state index contributed by atoms with van der Waals surface area (Å²) in [5.41, 5.74) is 5.61. The van der Waals surface area contributed by atoms with Crippen molar-refractivity contribution in [1.29, 1.82) is 0 Å². The lowest BCUT2D eigenvalue weighted by Crippen LogP contribution is -2.24. The van der Waals surface area contributed by atoms with Gasteiger partial charge in [0.15, 0.2) is 5.13 Å². The maximum Gasteiger partial charge on any atom is 0.265 e. The van der Waals surface area contributed by atoms with Crippen molar-refractivity contribution in [3.63, 3.8) is 0 Å². The molecule has 0 atom stereocenters. The van der Waals surface area contributed by atoms with Crippen molar-refractivity contribution < 1.29 is 4.79 Å². The fourth-order valence-corrected chi connectivity index (χ4v) is 1.83. The maximum atomic E-state index is 11.7. The zero-order valence-electron chi connectivity index (χ0n) is 9.04. The van der Waals surface area contributed by atoms with Crippen molar-refractivity contribution in [2.75, 3.05) is 24.6 Å². The van der Waals surface area contributed by atoms with Crippen molar-refractivity contribution >= 4 is 28.2 Å². The van der Waals surface area contributed by atoms with E-state index in [0.717, 1.165) is 6.42 Å². The average molecular weight is 238 g/mol. The van der Waals surface area contributed by atoms with Gasteiger partial charge in [0.1, 0.15) is 10.7 Å². The summed E-state index contributed by atoms with van der Waals surface area (Å²) in [5, 5.41) is 6.21. The molecule has 0 unspecified atom stereocenters. The lowest BCUT2D eigenvalue weighted by Gasteiger charge is -2.01. The van der Waals surface area contributed by atoms with Gasteiger partial charge in [-0.25, -0.2) is 4.98 Å². The summed E-state index contributed by atoms with van der Waals surface area (Å²) in [6, 6.07) is 0. The van der Waals surface area contributed by atoms with Gasteiger partial charge in [-0.1, -0.05) is 11.3 Å². The van der Waals surface area contributed by atoms with E-state index in [4.69, 9.17) is 12.2 Å². The van der Waals surface area contributed by atoms with Crippen LogP contribution in [0.25, 0.3) is 0 Å². The quantitative estimate of drug-likeness (QED) is 0.526. The van der Waals surface area contributed by atoms with E-state index in [-0.39, 0.29) is 11.7 Å². The molecule has 0 saturated heterocycles. The lowest BCUT2D eigenvalue weighted by molar-refractivity contribution is 0.0958.